The van der Waals surface area contributed by atoms with E-state index in [0.717, 1.165) is 12.8 Å². The third-order valence-corrected chi connectivity index (χ3v) is 4.70. The first-order chi connectivity index (χ1) is 11.4. The van der Waals surface area contributed by atoms with Gasteiger partial charge < -0.3 is 19.3 Å². The summed E-state index contributed by atoms with van der Waals surface area (Å²) in [5.74, 6) is -1.31. The van der Waals surface area contributed by atoms with Gasteiger partial charge in [0.25, 0.3) is 0 Å². The lowest BCUT2D eigenvalue weighted by Gasteiger charge is -2.33. The predicted molar refractivity (Wildman–Crippen MR) is 82.8 cm³/mol. The Bertz CT molecular complexity index is 476. The van der Waals surface area contributed by atoms with E-state index >= 15 is 0 Å². The van der Waals surface area contributed by atoms with E-state index in [9.17, 15) is 19.5 Å². The molecule has 1 heterocycles. The summed E-state index contributed by atoms with van der Waals surface area (Å²) < 4.78 is 15.9. The van der Waals surface area contributed by atoms with Crippen LogP contribution in [0.1, 0.15) is 58.8 Å². The van der Waals surface area contributed by atoms with Crippen molar-refractivity contribution in [1.82, 2.24) is 0 Å². The number of ether oxygens (including phenoxy) is 3. The van der Waals surface area contributed by atoms with Gasteiger partial charge in [0.1, 0.15) is 12.2 Å². The van der Waals surface area contributed by atoms with E-state index in [2.05, 4.69) is 0 Å². The summed E-state index contributed by atoms with van der Waals surface area (Å²) in [5, 5.41) is 9.47. The summed E-state index contributed by atoms with van der Waals surface area (Å²) in [5.41, 5.74) is 0. The zero-order valence-electron chi connectivity index (χ0n) is 14.2. The van der Waals surface area contributed by atoms with Crippen LogP contribution in [0.3, 0.4) is 0 Å². The monoisotopic (exact) mass is 342 g/mol. The minimum Gasteiger partial charge on any atom is -0.458 e. The molecule has 0 aromatic rings. The maximum absolute atomic E-state index is 12.3. The SMILES string of the molecule is CCC(O)C(=O)OC(CC)C(=O)OC1CCC2CCC(=O)OC1C2. The molecule has 1 aliphatic carbocycles. The van der Waals surface area contributed by atoms with Crippen LogP contribution in [0.5, 0.6) is 0 Å². The quantitative estimate of drug-likeness (QED) is 0.577. The minimum absolute atomic E-state index is 0.215. The van der Waals surface area contributed by atoms with E-state index in [0.29, 0.717) is 25.2 Å². The Labute approximate surface area is 141 Å². The van der Waals surface area contributed by atoms with Crippen molar-refractivity contribution in [2.45, 2.75) is 83.2 Å². The van der Waals surface area contributed by atoms with Crippen LogP contribution in [0.2, 0.25) is 0 Å². The number of hydrogen-bond donors (Lipinski definition) is 1. The fraction of sp³-hybridized carbons (Fsp3) is 0.824. The third-order valence-electron chi connectivity index (χ3n) is 4.70. The Kier molecular flexibility index (Phi) is 6.60. The highest BCUT2D eigenvalue weighted by atomic mass is 16.6. The highest BCUT2D eigenvalue weighted by molar-refractivity contribution is 5.81. The fourth-order valence-electron chi connectivity index (χ4n) is 3.16. The van der Waals surface area contributed by atoms with Gasteiger partial charge in [-0.25, -0.2) is 9.59 Å². The molecule has 1 saturated carbocycles. The smallest absolute Gasteiger partial charge is 0.347 e. The highest BCUT2D eigenvalue weighted by Gasteiger charge is 2.39. The summed E-state index contributed by atoms with van der Waals surface area (Å²) in [4.78, 5) is 35.6. The second-order valence-corrected chi connectivity index (χ2v) is 6.48. The molecule has 1 aliphatic heterocycles. The fourth-order valence-corrected chi connectivity index (χ4v) is 3.16. The normalized spacial score (nSPS) is 29.0. The van der Waals surface area contributed by atoms with Gasteiger partial charge in [0, 0.05) is 6.42 Å². The van der Waals surface area contributed by atoms with Gasteiger partial charge in [-0.3, -0.25) is 4.79 Å². The van der Waals surface area contributed by atoms with Crippen molar-refractivity contribution in [3.05, 3.63) is 0 Å². The molecule has 2 aliphatic rings. The molecule has 2 rings (SSSR count). The summed E-state index contributed by atoms with van der Waals surface area (Å²) in [6.07, 6.45) is 0.695. The first-order valence-electron chi connectivity index (χ1n) is 8.73. The largest absolute Gasteiger partial charge is 0.458 e. The van der Waals surface area contributed by atoms with Gasteiger partial charge in [-0.2, -0.15) is 0 Å². The Balaban J connectivity index is 1.94. The number of aliphatic hydroxyl groups is 1. The van der Waals surface area contributed by atoms with Crippen molar-refractivity contribution in [1.29, 1.82) is 0 Å². The van der Waals surface area contributed by atoms with Crippen LogP contribution in [0.25, 0.3) is 0 Å². The number of hydrogen-bond acceptors (Lipinski definition) is 7. The molecule has 5 atom stereocenters. The molecular weight excluding hydrogens is 316 g/mol. The molecule has 7 nitrogen and oxygen atoms in total. The molecular formula is C17H26O7. The molecule has 136 valence electrons. The molecule has 24 heavy (non-hydrogen) atoms. The Morgan fingerprint density at radius 2 is 1.96 bits per heavy atom. The van der Waals surface area contributed by atoms with Crippen molar-refractivity contribution in [3.8, 4) is 0 Å². The maximum Gasteiger partial charge on any atom is 0.347 e. The topological polar surface area (TPSA) is 99.1 Å². The van der Waals surface area contributed by atoms with Gasteiger partial charge in [0.2, 0.25) is 0 Å². The van der Waals surface area contributed by atoms with Crippen molar-refractivity contribution in [2.24, 2.45) is 5.92 Å². The standard InChI is InChI=1S/C17H26O7/c1-3-11(18)16(20)23-12(4-2)17(21)24-13-7-5-10-6-8-15(19)22-14(13)9-10/h10-14,18H,3-9H2,1-2H3. The van der Waals surface area contributed by atoms with Gasteiger partial charge in [-0.15, -0.1) is 0 Å². The lowest BCUT2D eigenvalue weighted by Crippen LogP contribution is -2.42. The molecule has 2 bridgehead atoms. The number of carbonyl (C=O) groups is 3. The van der Waals surface area contributed by atoms with Crippen LogP contribution in [0.4, 0.5) is 0 Å². The molecule has 0 spiro atoms. The van der Waals surface area contributed by atoms with E-state index in [1.54, 1.807) is 13.8 Å². The van der Waals surface area contributed by atoms with Gasteiger partial charge in [0.05, 0.1) is 0 Å². The van der Waals surface area contributed by atoms with Crippen LogP contribution in [-0.2, 0) is 28.6 Å². The molecule has 0 radical (unpaired) electrons. The average molecular weight is 342 g/mol. The number of fused-ring (bicyclic) bond motifs is 2. The first kappa shape index (κ1) is 18.7. The van der Waals surface area contributed by atoms with Gasteiger partial charge in [0.15, 0.2) is 12.2 Å². The summed E-state index contributed by atoms with van der Waals surface area (Å²) in [6.45, 7) is 3.34. The van der Waals surface area contributed by atoms with Crippen LogP contribution in [0, 0.1) is 5.92 Å². The molecule has 5 unspecified atom stereocenters. The second-order valence-electron chi connectivity index (χ2n) is 6.48. The predicted octanol–water partition coefficient (Wildman–Crippen LogP) is 1.50. The van der Waals surface area contributed by atoms with Crippen LogP contribution in [-0.4, -0.2) is 47.4 Å². The molecule has 7 heteroatoms. The molecule has 2 fully saturated rings. The van der Waals surface area contributed by atoms with Crippen molar-refractivity contribution >= 4 is 17.9 Å². The van der Waals surface area contributed by atoms with E-state index < -0.39 is 36.4 Å². The van der Waals surface area contributed by atoms with E-state index in [4.69, 9.17) is 14.2 Å². The van der Waals surface area contributed by atoms with Crippen molar-refractivity contribution in [2.75, 3.05) is 0 Å². The Morgan fingerprint density at radius 1 is 1.21 bits per heavy atom. The lowest BCUT2D eigenvalue weighted by atomic mass is 9.83. The molecule has 1 saturated heterocycles. The van der Waals surface area contributed by atoms with Crippen LogP contribution >= 0.6 is 0 Å². The molecule has 0 aromatic heterocycles. The molecule has 1 N–H and O–H groups in total. The van der Waals surface area contributed by atoms with Gasteiger partial charge in [-0.1, -0.05) is 13.8 Å². The first-order valence-corrected chi connectivity index (χ1v) is 8.73. The van der Waals surface area contributed by atoms with Crippen LogP contribution < -0.4 is 0 Å². The number of esters is 3. The van der Waals surface area contributed by atoms with Gasteiger partial charge in [-0.05, 0) is 44.4 Å². The number of carbonyl (C=O) groups excluding carboxylic acids is 3. The zero-order valence-corrected chi connectivity index (χ0v) is 14.2. The lowest BCUT2D eigenvalue weighted by molar-refractivity contribution is -0.185. The summed E-state index contributed by atoms with van der Waals surface area (Å²) >= 11 is 0. The van der Waals surface area contributed by atoms with Crippen molar-refractivity contribution in [3.63, 3.8) is 0 Å². The van der Waals surface area contributed by atoms with Crippen molar-refractivity contribution < 1.29 is 33.7 Å². The Hall–Kier alpha value is -1.63. The maximum atomic E-state index is 12.3. The van der Waals surface area contributed by atoms with Gasteiger partial charge >= 0.3 is 17.9 Å². The third kappa shape index (κ3) is 4.69. The second kappa shape index (κ2) is 8.46. The zero-order chi connectivity index (χ0) is 17.7. The van der Waals surface area contributed by atoms with E-state index in [1.807, 2.05) is 0 Å². The molecule has 0 amide bonds. The van der Waals surface area contributed by atoms with Crippen LogP contribution in [0.15, 0.2) is 0 Å². The van der Waals surface area contributed by atoms with E-state index in [1.165, 1.54) is 0 Å². The number of aliphatic hydroxyl groups excluding tert-OH is 1. The summed E-state index contributed by atoms with van der Waals surface area (Å²) in [6, 6.07) is 0. The average Bonchev–Trinajstić information content (AvgIpc) is 2.72. The minimum atomic E-state index is -1.25. The molecule has 0 aromatic carbocycles. The Morgan fingerprint density at radius 3 is 2.62 bits per heavy atom. The van der Waals surface area contributed by atoms with E-state index in [-0.39, 0.29) is 18.8 Å². The number of rotatable bonds is 6. The summed E-state index contributed by atoms with van der Waals surface area (Å²) in [7, 11) is 0. The highest BCUT2D eigenvalue weighted by Crippen LogP contribution is 2.34.